The van der Waals surface area contributed by atoms with Crippen LogP contribution in [0.4, 0.5) is 0 Å². The quantitative estimate of drug-likeness (QED) is 0.884. The van der Waals surface area contributed by atoms with Gasteiger partial charge in [0.15, 0.2) is 0 Å². The van der Waals surface area contributed by atoms with Gasteiger partial charge in [-0.2, -0.15) is 0 Å². The molecule has 0 spiro atoms. The molecule has 82 valence electrons. The molecule has 0 saturated heterocycles. The van der Waals surface area contributed by atoms with Gasteiger partial charge in [0.25, 0.3) is 0 Å². The number of hydrogen-bond acceptors (Lipinski definition) is 1. The number of halogens is 1. The molecule has 0 unspecified atom stereocenters. The average molecular weight is 268 g/mol. The fourth-order valence-corrected chi connectivity index (χ4v) is 2.82. The van der Waals surface area contributed by atoms with Crippen LogP contribution in [0, 0.1) is 0 Å². The van der Waals surface area contributed by atoms with Crippen molar-refractivity contribution in [2.75, 3.05) is 7.05 Å². The largest absolute Gasteiger partial charge is 0.314 e. The molecule has 0 aliphatic heterocycles. The van der Waals surface area contributed by atoms with Crippen molar-refractivity contribution >= 4 is 15.9 Å². The van der Waals surface area contributed by atoms with Crippen molar-refractivity contribution in [1.82, 2.24) is 5.32 Å². The Morgan fingerprint density at radius 1 is 1.20 bits per heavy atom. The van der Waals surface area contributed by atoms with Crippen LogP contribution in [0.5, 0.6) is 0 Å². The van der Waals surface area contributed by atoms with E-state index in [-0.39, 0.29) is 0 Å². The molecule has 1 aromatic rings. The maximum Gasteiger partial charge on any atom is 0.0218 e. The van der Waals surface area contributed by atoms with E-state index in [1.807, 2.05) is 0 Å². The zero-order chi connectivity index (χ0) is 10.7. The molecule has 2 rings (SSSR count). The molecule has 2 heteroatoms. The third kappa shape index (κ3) is 2.61. The van der Waals surface area contributed by atoms with E-state index in [0.29, 0.717) is 5.54 Å². The van der Waals surface area contributed by atoms with Gasteiger partial charge in [0.2, 0.25) is 0 Å². The highest BCUT2D eigenvalue weighted by atomic mass is 79.9. The summed E-state index contributed by atoms with van der Waals surface area (Å²) in [6.45, 7) is 0. The first kappa shape index (κ1) is 11.2. The van der Waals surface area contributed by atoms with E-state index in [0.717, 1.165) is 10.9 Å². The molecule has 1 aromatic carbocycles. The zero-order valence-corrected chi connectivity index (χ0v) is 10.8. The van der Waals surface area contributed by atoms with Crippen LogP contribution in [0.1, 0.15) is 31.2 Å². The Kier molecular flexibility index (Phi) is 3.47. The van der Waals surface area contributed by atoms with Crippen molar-refractivity contribution in [3.63, 3.8) is 0 Å². The SMILES string of the molecule is CNC1(Cc2ccc(Br)cc2)CCCC1. The first-order chi connectivity index (χ1) is 7.24. The Morgan fingerprint density at radius 3 is 2.33 bits per heavy atom. The van der Waals surface area contributed by atoms with E-state index >= 15 is 0 Å². The van der Waals surface area contributed by atoms with Gasteiger partial charge >= 0.3 is 0 Å². The van der Waals surface area contributed by atoms with Crippen LogP contribution in [0.25, 0.3) is 0 Å². The van der Waals surface area contributed by atoms with Gasteiger partial charge in [-0.15, -0.1) is 0 Å². The Bertz CT molecular complexity index is 312. The lowest BCUT2D eigenvalue weighted by Crippen LogP contribution is -2.42. The lowest BCUT2D eigenvalue weighted by Gasteiger charge is -2.28. The highest BCUT2D eigenvalue weighted by Gasteiger charge is 2.31. The van der Waals surface area contributed by atoms with Gasteiger partial charge < -0.3 is 5.32 Å². The van der Waals surface area contributed by atoms with Crippen LogP contribution < -0.4 is 5.32 Å². The topological polar surface area (TPSA) is 12.0 Å². The standard InChI is InChI=1S/C13H18BrN/c1-15-13(8-2-3-9-13)10-11-4-6-12(14)7-5-11/h4-7,15H,2-3,8-10H2,1H3. The van der Waals surface area contributed by atoms with Gasteiger partial charge in [-0.05, 0) is 44.0 Å². The second-order valence-electron chi connectivity index (χ2n) is 4.54. The van der Waals surface area contributed by atoms with Crippen LogP contribution >= 0.6 is 15.9 Å². The minimum absolute atomic E-state index is 0.369. The number of likely N-dealkylation sites (N-methyl/N-ethyl adjacent to an activating group) is 1. The molecule has 1 saturated carbocycles. The second-order valence-corrected chi connectivity index (χ2v) is 5.46. The summed E-state index contributed by atoms with van der Waals surface area (Å²) in [6, 6.07) is 8.71. The number of benzene rings is 1. The van der Waals surface area contributed by atoms with E-state index in [9.17, 15) is 0 Å². The third-order valence-corrected chi connectivity index (χ3v) is 4.08. The van der Waals surface area contributed by atoms with Crippen molar-refractivity contribution in [3.8, 4) is 0 Å². The maximum atomic E-state index is 3.53. The molecule has 0 radical (unpaired) electrons. The Morgan fingerprint density at radius 2 is 1.80 bits per heavy atom. The molecule has 0 aromatic heterocycles. The molecule has 1 fully saturated rings. The average Bonchev–Trinajstić information content (AvgIpc) is 2.71. The Labute approximate surface area is 100 Å². The van der Waals surface area contributed by atoms with Gasteiger partial charge in [0, 0.05) is 10.0 Å². The normalized spacial score (nSPS) is 19.3. The number of rotatable bonds is 3. The summed E-state index contributed by atoms with van der Waals surface area (Å²) in [5, 5.41) is 3.53. The first-order valence-electron chi connectivity index (χ1n) is 5.67. The van der Waals surface area contributed by atoms with Crippen molar-refractivity contribution in [2.45, 2.75) is 37.6 Å². The van der Waals surface area contributed by atoms with Crippen molar-refractivity contribution in [1.29, 1.82) is 0 Å². The van der Waals surface area contributed by atoms with E-state index in [1.54, 1.807) is 0 Å². The molecule has 15 heavy (non-hydrogen) atoms. The van der Waals surface area contributed by atoms with Gasteiger partial charge in [-0.3, -0.25) is 0 Å². The second kappa shape index (κ2) is 4.67. The Balaban J connectivity index is 2.09. The summed E-state index contributed by atoms with van der Waals surface area (Å²) >= 11 is 3.47. The molecular formula is C13H18BrN. The van der Waals surface area contributed by atoms with E-state index in [1.165, 1.54) is 31.2 Å². The van der Waals surface area contributed by atoms with Crippen molar-refractivity contribution in [2.24, 2.45) is 0 Å². The predicted molar refractivity (Wildman–Crippen MR) is 68.1 cm³/mol. The summed E-state index contributed by atoms with van der Waals surface area (Å²) in [6.07, 6.45) is 6.55. The van der Waals surface area contributed by atoms with Crippen LogP contribution in [-0.2, 0) is 6.42 Å². The van der Waals surface area contributed by atoms with E-state index in [2.05, 4.69) is 52.6 Å². The van der Waals surface area contributed by atoms with Gasteiger partial charge in [0.1, 0.15) is 0 Å². The zero-order valence-electron chi connectivity index (χ0n) is 9.22. The maximum absolute atomic E-state index is 3.53. The summed E-state index contributed by atoms with van der Waals surface area (Å²) in [5.74, 6) is 0. The van der Waals surface area contributed by atoms with Gasteiger partial charge in [0.05, 0.1) is 0 Å². The molecule has 1 nitrogen and oxygen atoms in total. The van der Waals surface area contributed by atoms with Gasteiger partial charge in [-0.1, -0.05) is 40.9 Å². The molecule has 0 atom stereocenters. The van der Waals surface area contributed by atoms with Crippen LogP contribution in [0.2, 0.25) is 0 Å². The predicted octanol–water partition coefficient (Wildman–Crippen LogP) is 3.52. The number of hydrogen-bond donors (Lipinski definition) is 1. The fraction of sp³-hybridized carbons (Fsp3) is 0.538. The monoisotopic (exact) mass is 267 g/mol. The van der Waals surface area contributed by atoms with Crippen molar-refractivity contribution in [3.05, 3.63) is 34.3 Å². The molecule has 1 aliphatic rings. The van der Waals surface area contributed by atoms with E-state index < -0.39 is 0 Å². The Hall–Kier alpha value is -0.340. The van der Waals surface area contributed by atoms with Crippen LogP contribution in [0.3, 0.4) is 0 Å². The highest BCUT2D eigenvalue weighted by Crippen LogP contribution is 2.32. The van der Waals surface area contributed by atoms with Gasteiger partial charge in [-0.25, -0.2) is 0 Å². The molecule has 0 heterocycles. The van der Waals surface area contributed by atoms with Crippen LogP contribution in [0.15, 0.2) is 28.7 Å². The fourth-order valence-electron chi connectivity index (χ4n) is 2.56. The molecule has 0 amide bonds. The highest BCUT2D eigenvalue weighted by molar-refractivity contribution is 9.10. The summed E-state index contributed by atoms with van der Waals surface area (Å²) < 4.78 is 1.16. The first-order valence-corrected chi connectivity index (χ1v) is 6.47. The summed E-state index contributed by atoms with van der Waals surface area (Å²) in [5.41, 5.74) is 1.81. The number of nitrogens with one attached hydrogen (secondary N) is 1. The lowest BCUT2D eigenvalue weighted by molar-refractivity contribution is 0.357. The smallest absolute Gasteiger partial charge is 0.0218 e. The molecule has 0 bridgehead atoms. The molecular weight excluding hydrogens is 250 g/mol. The van der Waals surface area contributed by atoms with E-state index in [4.69, 9.17) is 0 Å². The third-order valence-electron chi connectivity index (χ3n) is 3.55. The van der Waals surface area contributed by atoms with Crippen molar-refractivity contribution < 1.29 is 0 Å². The minimum Gasteiger partial charge on any atom is -0.314 e. The minimum atomic E-state index is 0.369. The summed E-state index contributed by atoms with van der Waals surface area (Å²) in [4.78, 5) is 0. The lowest BCUT2D eigenvalue weighted by atomic mass is 9.89. The molecule has 1 N–H and O–H groups in total. The summed E-state index contributed by atoms with van der Waals surface area (Å²) in [7, 11) is 2.10. The molecule has 1 aliphatic carbocycles. The van der Waals surface area contributed by atoms with Crippen LogP contribution in [-0.4, -0.2) is 12.6 Å².